The van der Waals surface area contributed by atoms with Crippen LogP contribution >= 0.6 is 0 Å². The highest BCUT2D eigenvalue weighted by atomic mass is 16.5. The fourth-order valence-electron chi connectivity index (χ4n) is 2.31. The van der Waals surface area contributed by atoms with Crippen LogP contribution in [0.1, 0.15) is 17.3 Å². The predicted molar refractivity (Wildman–Crippen MR) is 80.1 cm³/mol. The summed E-state index contributed by atoms with van der Waals surface area (Å²) in [6, 6.07) is 7.74. The number of amides is 1. The molecule has 0 saturated carbocycles. The van der Waals surface area contributed by atoms with Crippen LogP contribution < -0.4 is 10.6 Å². The fraction of sp³-hybridized carbons (Fsp3) is 0.533. The van der Waals surface area contributed by atoms with Gasteiger partial charge in [0.2, 0.25) is 0 Å². The molecule has 1 aromatic carbocycles. The van der Waals surface area contributed by atoms with Gasteiger partial charge in [-0.15, -0.1) is 0 Å². The SMILES string of the molecule is CC1COC(CN)CN1C(=O)c1ccc(N(C)C)cc1. The molecule has 0 aromatic heterocycles. The molecule has 110 valence electrons. The number of hydrogen-bond acceptors (Lipinski definition) is 4. The quantitative estimate of drug-likeness (QED) is 0.893. The van der Waals surface area contributed by atoms with Crippen molar-refractivity contribution >= 4 is 11.6 Å². The Bertz CT molecular complexity index is 459. The number of ether oxygens (including phenoxy) is 1. The summed E-state index contributed by atoms with van der Waals surface area (Å²) in [7, 11) is 3.96. The molecular formula is C15H23N3O2. The van der Waals surface area contributed by atoms with E-state index in [0.717, 1.165) is 5.69 Å². The number of hydrogen-bond donors (Lipinski definition) is 1. The average Bonchev–Trinajstić information content (AvgIpc) is 2.47. The van der Waals surface area contributed by atoms with Crippen LogP contribution in [0.4, 0.5) is 5.69 Å². The molecule has 2 unspecified atom stereocenters. The van der Waals surface area contributed by atoms with Crippen molar-refractivity contribution in [1.82, 2.24) is 4.90 Å². The Labute approximate surface area is 120 Å². The largest absolute Gasteiger partial charge is 0.378 e. The van der Waals surface area contributed by atoms with Crippen LogP contribution in [0.15, 0.2) is 24.3 Å². The van der Waals surface area contributed by atoms with E-state index in [1.807, 2.05) is 55.1 Å². The lowest BCUT2D eigenvalue weighted by atomic mass is 10.1. The maximum Gasteiger partial charge on any atom is 0.254 e. The molecule has 1 aliphatic rings. The topological polar surface area (TPSA) is 58.8 Å². The molecule has 2 N–H and O–H groups in total. The summed E-state index contributed by atoms with van der Waals surface area (Å²) in [5, 5.41) is 0. The minimum atomic E-state index is -0.0591. The molecule has 1 heterocycles. The Morgan fingerprint density at radius 1 is 1.40 bits per heavy atom. The van der Waals surface area contributed by atoms with Crippen LogP contribution in [0.5, 0.6) is 0 Å². The number of anilines is 1. The van der Waals surface area contributed by atoms with Crippen molar-refractivity contribution < 1.29 is 9.53 Å². The summed E-state index contributed by atoms with van der Waals surface area (Å²) in [4.78, 5) is 16.4. The molecule has 1 aliphatic heterocycles. The van der Waals surface area contributed by atoms with Crippen LogP contribution in [0.25, 0.3) is 0 Å². The number of morpholine rings is 1. The van der Waals surface area contributed by atoms with E-state index >= 15 is 0 Å². The molecule has 0 aliphatic carbocycles. The van der Waals surface area contributed by atoms with E-state index in [4.69, 9.17) is 10.5 Å². The van der Waals surface area contributed by atoms with E-state index < -0.39 is 0 Å². The van der Waals surface area contributed by atoms with Gasteiger partial charge >= 0.3 is 0 Å². The summed E-state index contributed by atoms with van der Waals surface area (Å²) in [6.45, 7) is 3.55. The molecule has 1 amide bonds. The first-order chi connectivity index (χ1) is 9.52. The lowest BCUT2D eigenvalue weighted by Gasteiger charge is -2.37. The fourth-order valence-corrected chi connectivity index (χ4v) is 2.31. The molecule has 1 saturated heterocycles. The molecule has 1 fully saturated rings. The van der Waals surface area contributed by atoms with Gasteiger partial charge in [-0.3, -0.25) is 4.79 Å². The maximum atomic E-state index is 12.6. The Kier molecular flexibility index (Phi) is 4.62. The van der Waals surface area contributed by atoms with Crippen molar-refractivity contribution in [2.24, 2.45) is 5.73 Å². The van der Waals surface area contributed by atoms with Crippen molar-refractivity contribution in [2.45, 2.75) is 19.1 Å². The van der Waals surface area contributed by atoms with Crippen LogP contribution in [0, 0.1) is 0 Å². The predicted octanol–water partition coefficient (Wildman–Crippen LogP) is 0.941. The first-order valence-corrected chi connectivity index (χ1v) is 6.93. The molecule has 2 atom stereocenters. The minimum Gasteiger partial charge on any atom is -0.378 e. The molecule has 1 aromatic rings. The zero-order valence-corrected chi connectivity index (χ0v) is 12.4. The lowest BCUT2D eigenvalue weighted by molar-refractivity contribution is -0.0426. The average molecular weight is 277 g/mol. The van der Waals surface area contributed by atoms with Crippen molar-refractivity contribution in [3.8, 4) is 0 Å². The van der Waals surface area contributed by atoms with Crippen LogP contribution in [0.2, 0.25) is 0 Å². The van der Waals surface area contributed by atoms with Gasteiger partial charge in [0.1, 0.15) is 0 Å². The van der Waals surface area contributed by atoms with Gasteiger partial charge < -0.3 is 20.3 Å². The first kappa shape index (κ1) is 14.8. The van der Waals surface area contributed by atoms with Gasteiger partial charge in [-0.1, -0.05) is 0 Å². The second-order valence-corrected chi connectivity index (χ2v) is 5.44. The molecule has 0 radical (unpaired) electrons. The van der Waals surface area contributed by atoms with E-state index in [1.54, 1.807) is 0 Å². The number of carbonyl (C=O) groups is 1. The van der Waals surface area contributed by atoms with E-state index in [1.165, 1.54) is 0 Å². The highest BCUT2D eigenvalue weighted by molar-refractivity contribution is 5.94. The molecule has 5 nitrogen and oxygen atoms in total. The van der Waals surface area contributed by atoms with Gasteiger partial charge in [0.05, 0.1) is 18.8 Å². The van der Waals surface area contributed by atoms with Crippen molar-refractivity contribution in [1.29, 1.82) is 0 Å². The molecule has 0 spiro atoms. The Balaban J connectivity index is 2.13. The van der Waals surface area contributed by atoms with E-state index in [0.29, 0.717) is 25.3 Å². The number of nitrogens with zero attached hydrogens (tertiary/aromatic N) is 2. The Hall–Kier alpha value is -1.59. The lowest BCUT2D eigenvalue weighted by Crippen LogP contribution is -2.52. The van der Waals surface area contributed by atoms with Crippen LogP contribution in [-0.2, 0) is 4.74 Å². The minimum absolute atomic E-state index is 0.0459. The number of nitrogens with two attached hydrogens (primary N) is 1. The third-order valence-electron chi connectivity index (χ3n) is 3.66. The molecule has 20 heavy (non-hydrogen) atoms. The monoisotopic (exact) mass is 277 g/mol. The van der Waals surface area contributed by atoms with E-state index in [-0.39, 0.29) is 18.1 Å². The van der Waals surface area contributed by atoms with Gasteiger partial charge in [0.25, 0.3) is 5.91 Å². The molecule has 2 rings (SSSR count). The van der Waals surface area contributed by atoms with E-state index in [9.17, 15) is 4.79 Å². The van der Waals surface area contributed by atoms with Crippen molar-refractivity contribution in [3.05, 3.63) is 29.8 Å². The van der Waals surface area contributed by atoms with Gasteiger partial charge in [-0.25, -0.2) is 0 Å². The standard InChI is InChI=1S/C15H23N3O2/c1-11-10-20-14(8-16)9-18(11)15(19)12-4-6-13(7-5-12)17(2)3/h4-7,11,14H,8-10,16H2,1-3H3. The third-order valence-corrected chi connectivity index (χ3v) is 3.66. The summed E-state index contributed by atoms with van der Waals surface area (Å²) in [5.74, 6) is 0.0459. The smallest absolute Gasteiger partial charge is 0.254 e. The first-order valence-electron chi connectivity index (χ1n) is 6.93. The third kappa shape index (κ3) is 3.11. The van der Waals surface area contributed by atoms with Crippen molar-refractivity contribution in [2.75, 3.05) is 38.7 Å². The second kappa shape index (κ2) is 6.24. The van der Waals surface area contributed by atoms with Gasteiger partial charge in [-0.2, -0.15) is 0 Å². The Morgan fingerprint density at radius 3 is 2.60 bits per heavy atom. The summed E-state index contributed by atoms with van der Waals surface area (Å²) in [5.41, 5.74) is 7.42. The molecule has 5 heteroatoms. The number of carbonyl (C=O) groups excluding carboxylic acids is 1. The van der Waals surface area contributed by atoms with Crippen LogP contribution in [-0.4, -0.2) is 56.7 Å². The van der Waals surface area contributed by atoms with Gasteiger partial charge in [-0.05, 0) is 31.2 Å². The number of rotatable bonds is 3. The number of benzene rings is 1. The zero-order valence-electron chi connectivity index (χ0n) is 12.4. The molecular weight excluding hydrogens is 254 g/mol. The summed E-state index contributed by atoms with van der Waals surface area (Å²) in [6.07, 6.45) is -0.0591. The normalized spacial score (nSPS) is 22.7. The highest BCUT2D eigenvalue weighted by Gasteiger charge is 2.29. The van der Waals surface area contributed by atoms with Crippen LogP contribution in [0.3, 0.4) is 0 Å². The summed E-state index contributed by atoms with van der Waals surface area (Å²) >= 11 is 0. The van der Waals surface area contributed by atoms with Crippen molar-refractivity contribution in [3.63, 3.8) is 0 Å². The zero-order chi connectivity index (χ0) is 14.7. The Morgan fingerprint density at radius 2 is 2.05 bits per heavy atom. The highest BCUT2D eigenvalue weighted by Crippen LogP contribution is 2.18. The maximum absolute atomic E-state index is 12.6. The van der Waals surface area contributed by atoms with E-state index in [2.05, 4.69) is 0 Å². The van der Waals surface area contributed by atoms with Gasteiger partial charge in [0.15, 0.2) is 0 Å². The second-order valence-electron chi connectivity index (χ2n) is 5.44. The van der Waals surface area contributed by atoms with Gasteiger partial charge in [0, 0.05) is 38.4 Å². The molecule has 0 bridgehead atoms. The summed E-state index contributed by atoms with van der Waals surface area (Å²) < 4.78 is 5.58.